The molecule has 1 aliphatic carbocycles. The van der Waals surface area contributed by atoms with Crippen molar-refractivity contribution in [2.24, 2.45) is 5.41 Å². The lowest BCUT2D eigenvalue weighted by atomic mass is 9.96. The smallest absolute Gasteiger partial charge is 0.408 e. The second-order valence-electron chi connectivity index (χ2n) is 8.21. The fourth-order valence-electron chi connectivity index (χ4n) is 2.27. The van der Waals surface area contributed by atoms with Gasteiger partial charge in [0.05, 0.1) is 12.5 Å². The molecule has 0 aliphatic heterocycles. The van der Waals surface area contributed by atoms with Gasteiger partial charge in [-0.15, -0.1) is 0 Å². The van der Waals surface area contributed by atoms with Gasteiger partial charge in [-0.05, 0) is 60.8 Å². The lowest BCUT2D eigenvalue weighted by Gasteiger charge is -2.27. The van der Waals surface area contributed by atoms with Gasteiger partial charge >= 0.3 is 18.0 Å². The zero-order valence-corrected chi connectivity index (χ0v) is 15.6. The molecule has 24 heavy (non-hydrogen) atoms. The predicted octanol–water partition coefficient (Wildman–Crippen LogP) is 2.56. The molecule has 1 unspecified atom stereocenters. The number of methoxy groups -OCH3 is 1. The topological polar surface area (TPSA) is 90.9 Å². The first-order valence-electron chi connectivity index (χ1n) is 8.09. The van der Waals surface area contributed by atoms with Crippen molar-refractivity contribution in [1.29, 1.82) is 0 Å². The van der Waals surface area contributed by atoms with Crippen molar-refractivity contribution in [2.75, 3.05) is 7.11 Å². The first-order chi connectivity index (χ1) is 10.8. The summed E-state index contributed by atoms with van der Waals surface area (Å²) in [6.07, 6.45) is 0.650. The number of hydrogen-bond donors (Lipinski definition) is 1. The van der Waals surface area contributed by atoms with Crippen LogP contribution in [0.3, 0.4) is 0 Å². The lowest BCUT2D eigenvalue weighted by Crippen LogP contribution is -2.47. The number of hydrogen-bond acceptors (Lipinski definition) is 6. The van der Waals surface area contributed by atoms with Crippen molar-refractivity contribution in [3.05, 3.63) is 0 Å². The molecule has 0 aromatic heterocycles. The van der Waals surface area contributed by atoms with Crippen LogP contribution in [0.1, 0.15) is 60.8 Å². The number of carbonyl (C=O) groups excluding carboxylic acids is 3. The summed E-state index contributed by atoms with van der Waals surface area (Å²) in [5.74, 6) is -0.967. The number of carbonyl (C=O) groups is 3. The van der Waals surface area contributed by atoms with Gasteiger partial charge < -0.3 is 19.5 Å². The average Bonchev–Trinajstić information content (AvgIpc) is 3.13. The summed E-state index contributed by atoms with van der Waals surface area (Å²) in [6, 6.07) is -0.972. The second-order valence-corrected chi connectivity index (χ2v) is 8.21. The molecule has 1 atom stereocenters. The number of rotatable bonds is 5. The maximum atomic E-state index is 12.4. The van der Waals surface area contributed by atoms with Crippen LogP contribution in [-0.2, 0) is 23.8 Å². The highest BCUT2D eigenvalue weighted by molar-refractivity contribution is 5.85. The quantitative estimate of drug-likeness (QED) is 0.609. The summed E-state index contributed by atoms with van der Waals surface area (Å²) in [5.41, 5.74) is -2.12. The molecule has 0 saturated heterocycles. The van der Waals surface area contributed by atoms with Gasteiger partial charge in [-0.3, -0.25) is 4.79 Å². The molecule has 7 nitrogen and oxygen atoms in total. The summed E-state index contributed by atoms with van der Waals surface area (Å²) >= 11 is 0. The van der Waals surface area contributed by atoms with Gasteiger partial charge in [0.1, 0.15) is 17.2 Å². The van der Waals surface area contributed by atoms with Crippen molar-refractivity contribution in [3.63, 3.8) is 0 Å². The predicted molar refractivity (Wildman–Crippen MR) is 87.3 cm³/mol. The Kier molecular flexibility index (Phi) is 5.90. The fraction of sp³-hybridized carbons (Fsp3) is 0.824. The molecule has 0 spiro atoms. The zero-order valence-electron chi connectivity index (χ0n) is 15.6. The molecule has 0 aromatic rings. The van der Waals surface area contributed by atoms with Crippen LogP contribution >= 0.6 is 0 Å². The Balaban J connectivity index is 2.86. The van der Waals surface area contributed by atoms with Crippen LogP contribution < -0.4 is 5.32 Å². The normalized spacial score (nSPS) is 17.5. The third-order valence-electron chi connectivity index (χ3n) is 3.45. The minimum Gasteiger partial charge on any atom is -0.469 e. The molecule has 0 aromatic carbocycles. The minimum absolute atomic E-state index is 0.133. The molecule has 138 valence electrons. The molecule has 7 heteroatoms. The number of nitrogens with one attached hydrogen (secondary N) is 1. The average molecular weight is 343 g/mol. The molecule has 0 bridgehead atoms. The Morgan fingerprint density at radius 1 is 1.00 bits per heavy atom. The van der Waals surface area contributed by atoms with Gasteiger partial charge in [-0.25, -0.2) is 9.59 Å². The van der Waals surface area contributed by atoms with Crippen LogP contribution in [0, 0.1) is 5.41 Å². The highest BCUT2D eigenvalue weighted by Crippen LogP contribution is 2.50. The summed E-state index contributed by atoms with van der Waals surface area (Å²) < 4.78 is 15.4. The van der Waals surface area contributed by atoms with Gasteiger partial charge in [0.2, 0.25) is 0 Å². The largest absolute Gasteiger partial charge is 0.469 e. The van der Waals surface area contributed by atoms with Gasteiger partial charge in [0, 0.05) is 0 Å². The van der Waals surface area contributed by atoms with Crippen LogP contribution in [-0.4, -0.2) is 42.4 Å². The molecular formula is C17H29NO6. The van der Waals surface area contributed by atoms with Crippen molar-refractivity contribution >= 4 is 18.0 Å². The van der Waals surface area contributed by atoms with Gasteiger partial charge in [0.15, 0.2) is 0 Å². The van der Waals surface area contributed by atoms with Crippen molar-refractivity contribution in [2.45, 2.75) is 78.0 Å². The van der Waals surface area contributed by atoms with Crippen LogP contribution in [0.15, 0.2) is 0 Å². The Hall–Kier alpha value is -1.79. The standard InChI is InChI=1S/C17H29NO6/c1-15(2,3)23-12(19)11(18-14(21)24-16(4,5)6)10-17(8-9-17)13(20)22-7/h11H,8-10H2,1-7H3,(H,18,21). The molecule has 1 saturated carbocycles. The van der Waals surface area contributed by atoms with Crippen LogP contribution in [0.25, 0.3) is 0 Å². The monoisotopic (exact) mass is 343 g/mol. The third-order valence-corrected chi connectivity index (χ3v) is 3.45. The molecule has 1 aliphatic rings. The highest BCUT2D eigenvalue weighted by atomic mass is 16.6. The second kappa shape index (κ2) is 6.99. The van der Waals surface area contributed by atoms with Crippen molar-refractivity contribution < 1.29 is 28.6 Å². The van der Waals surface area contributed by atoms with E-state index in [0.29, 0.717) is 12.8 Å². The molecule has 0 heterocycles. The van der Waals surface area contributed by atoms with Crippen molar-refractivity contribution in [3.8, 4) is 0 Å². The molecule has 1 amide bonds. The van der Waals surface area contributed by atoms with E-state index in [1.807, 2.05) is 0 Å². The van der Waals surface area contributed by atoms with Gasteiger partial charge in [-0.1, -0.05) is 0 Å². The highest BCUT2D eigenvalue weighted by Gasteiger charge is 2.53. The Labute approximate surface area is 143 Å². The van der Waals surface area contributed by atoms with E-state index in [0.717, 1.165) is 0 Å². The van der Waals surface area contributed by atoms with E-state index in [2.05, 4.69) is 5.32 Å². The first-order valence-corrected chi connectivity index (χ1v) is 8.09. The molecule has 1 rings (SSSR count). The Bertz CT molecular complexity index is 496. The molecule has 0 radical (unpaired) electrons. The van der Waals surface area contributed by atoms with E-state index in [-0.39, 0.29) is 12.4 Å². The van der Waals surface area contributed by atoms with Crippen molar-refractivity contribution in [1.82, 2.24) is 5.32 Å². The SMILES string of the molecule is COC(=O)C1(CC(NC(=O)OC(C)(C)C)C(=O)OC(C)(C)C)CC1. The van der Waals surface area contributed by atoms with Gasteiger partial charge in [-0.2, -0.15) is 0 Å². The molecule has 1 fully saturated rings. The number of amides is 1. The van der Waals surface area contributed by atoms with Gasteiger partial charge in [0.25, 0.3) is 0 Å². The van der Waals surface area contributed by atoms with Crippen LogP contribution in [0.4, 0.5) is 4.79 Å². The minimum atomic E-state index is -0.972. The summed E-state index contributed by atoms with van der Waals surface area (Å²) in [5, 5.41) is 2.53. The molecular weight excluding hydrogens is 314 g/mol. The van der Waals surface area contributed by atoms with E-state index >= 15 is 0 Å². The Morgan fingerprint density at radius 2 is 1.50 bits per heavy atom. The zero-order chi connectivity index (χ0) is 18.8. The van der Waals surface area contributed by atoms with E-state index in [9.17, 15) is 14.4 Å². The maximum absolute atomic E-state index is 12.4. The first kappa shape index (κ1) is 20.3. The van der Waals surface area contributed by atoms with Crippen LogP contribution in [0.2, 0.25) is 0 Å². The summed E-state index contributed by atoms with van der Waals surface area (Å²) in [7, 11) is 1.31. The van der Waals surface area contributed by atoms with E-state index in [1.165, 1.54) is 7.11 Å². The fourth-order valence-corrected chi connectivity index (χ4v) is 2.27. The maximum Gasteiger partial charge on any atom is 0.408 e. The Morgan fingerprint density at radius 3 is 1.88 bits per heavy atom. The van der Waals surface area contributed by atoms with E-state index in [4.69, 9.17) is 14.2 Å². The summed E-state index contributed by atoms with van der Waals surface area (Å²) in [6.45, 7) is 10.4. The number of alkyl carbamates (subject to hydrolysis) is 1. The number of esters is 2. The summed E-state index contributed by atoms with van der Waals surface area (Å²) in [4.78, 5) is 36.4. The van der Waals surface area contributed by atoms with E-state index in [1.54, 1.807) is 41.5 Å². The molecule has 1 N–H and O–H groups in total. The lowest BCUT2D eigenvalue weighted by molar-refractivity contribution is -0.159. The van der Waals surface area contributed by atoms with E-state index < -0.39 is 34.7 Å². The third kappa shape index (κ3) is 6.37. The van der Waals surface area contributed by atoms with Crippen LogP contribution in [0.5, 0.6) is 0 Å². The number of ether oxygens (including phenoxy) is 3.